The van der Waals surface area contributed by atoms with Gasteiger partial charge in [0.1, 0.15) is 0 Å². The molecule has 19 heavy (non-hydrogen) atoms. The normalized spacial score (nSPS) is 12.8. The van der Waals surface area contributed by atoms with Crippen LogP contribution in [0.2, 0.25) is 0 Å². The average molecular weight is 268 g/mol. The minimum Gasteiger partial charge on any atom is -0.320 e. The van der Waals surface area contributed by atoms with Gasteiger partial charge in [0, 0.05) is 21.3 Å². The summed E-state index contributed by atoms with van der Waals surface area (Å²) in [5.74, 6) is 0. The molecule has 0 bridgehead atoms. The fourth-order valence-electron chi connectivity index (χ4n) is 2.18. The van der Waals surface area contributed by atoms with Crippen LogP contribution in [0.3, 0.4) is 0 Å². The Balaban J connectivity index is 2.03. The first-order valence-corrected chi connectivity index (χ1v) is 7.14. The second kappa shape index (κ2) is 4.76. The maximum absolute atomic E-state index is 6.36. The summed E-state index contributed by atoms with van der Waals surface area (Å²) in [6.07, 6.45) is 1.89. The summed E-state index contributed by atoms with van der Waals surface area (Å²) in [6, 6.07) is 12.3. The molecule has 3 rings (SSSR count). The molecule has 0 saturated heterocycles. The zero-order valence-corrected chi connectivity index (χ0v) is 11.9. The van der Waals surface area contributed by atoms with Crippen molar-refractivity contribution in [1.82, 2.24) is 4.98 Å². The molecule has 3 aromatic rings. The summed E-state index contributed by atoms with van der Waals surface area (Å²) in [5.41, 5.74) is 9.75. The predicted octanol–water partition coefficient (Wildman–Crippen LogP) is 3.96. The first-order chi connectivity index (χ1) is 9.15. The maximum atomic E-state index is 6.36. The van der Waals surface area contributed by atoms with E-state index in [-0.39, 0.29) is 6.04 Å². The standard InChI is InChI=1S/C16H16N2S/c1-10-7-15(19-11(10)2)16(17)13-8-12-5-3-4-6-14(12)18-9-13/h3-9,16H,17H2,1-2H3. The summed E-state index contributed by atoms with van der Waals surface area (Å²) in [6.45, 7) is 4.26. The number of para-hydroxylation sites is 1. The van der Waals surface area contributed by atoms with Gasteiger partial charge in [-0.25, -0.2) is 0 Å². The Hall–Kier alpha value is -1.71. The number of pyridine rings is 1. The molecule has 3 heteroatoms. The first kappa shape index (κ1) is 12.3. The van der Waals surface area contributed by atoms with E-state index in [0.717, 1.165) is 16.5 Å². The third kappa shape index (κ3) is 2.27. The van der Waals surface area contributed by atoms with Crippen LogP contribution in [0, 0.1) is 13.8 Å². The van der Waals surface area contributed by atoms with E-state index in [0.29, 0.717) is 0 Å². The molecular weight excluding hydrogens is 252 g/mol. The molecule has 1 atom stereocenters. The number of hydrogen-bond donors (Lipinski definition) is 1. The van der Waals surface area contributed by atoms with Crippen molar-refractivity contribution >= 4 is 22.2 Å². The van der Waals surface area contributed by atoms with Gasteiger partial charge in [-0.05, 0) is 43.2 Å². The number of fused-ring (bicyclic) bond motifs is 1. The van der Waals surface area contributed by atoms with Crippen molar-refractivity contribution in [3.8, 4) is 0 Å². The van der Waals surface area contributed by atoms with Crippen molar-refractivity contribution in [2.24, 2.45) is 5.73 Å². The highest BCUT2D eigenvalue weighted by molar-refractivity contribution is 7.12. The van der Waals surface area contributed by atoms with Crippen molar-refractivity contribution in [2.75, 3.05) is 0 Å². The molecule has 2 aromatic heterocycles. The number of rotatable bonds is 2. The third-order valence-corrected chi connectivity index (χ3v) is 4.70. The monoisotopic (exact) mass is 268 g/mol. The van der Waals surface area contributed by atoms with Gasteiger partial charge in [-0.15, -0.1) is 11.3 Å². The summed E-state index contributed by atoms with van der Waals surface area (Å²) >= 11 is 1.77. The molecule has 0 spiro atoms. The van der Waals surface area contributed by atoms with Gasteiger partial charge in [0.15, 0.2) is 0 Å². The van der Waals surface area contributed by atoms with Crippen LogP contribution < -0.4 is 5.73 Å². The van der Waals surface area contributed by atoms with Crippen LogP contribution in [0.1, 0.15) is 26.9 Å². The van der Waals surface area contributed by atoms with Gasteiger partial charge >= 0.3 is 0 Å². The molecule has 2 N–H and O–H groups in total. The molecule has 0 amide bonds. The number of aromatic nitrogens is 1. The Labute approximate surface area is 116 Å². The molecule has 0 saturated carbocycles. The Morgan fingerprint density at radius 3 is 2.68 bits per heavy atom. The zero-order valence-electron chi connectivity index (χ0n) is 11.1. The van der Waals surface area contributed by atoms with E-state index >= 15 is 0 Å². The van der Waals surface area contributed by atoms with Crippen LogP contribution in [0.15, 0.2) is 42.6 Å². The predicted molar refractivity (Wildman–Crippen MR) is 81.6 cm³/mol. The Morgan fingerprint density at radius 2 is 1.95 bits per heavy atom. The highest BCUT2D eigenvalue weighted by atomic mass is 32.1. The van der Waals surface area contributed by atoms with E-state index in [2.05, 4.69) is 37.0 Å². The third-order valence-electron chi connectivity index (χ3n) is 3.46. The van der Waals surface area contributed by atoms with Crippen LogP contribution >= 0.6 is 11.3 Å². The highest BCUT2D eigenvalue weighted by Crippen LogP contribution is 2.29. The van der Waals surface area contributed by atoms with Crippen LogP contribution in [-0.2, 0) is 0 Å². The van der Waals surface area contributed by atoms with Gasteiger partial charge in [0.25, 0.3) is 0 Å². The summed E-state index contributed by atoms with van der Waals surface area (Å²) in [4.78, 5) is 7.02. The van der Waals surface area contributed by atoms with Crippen LogP contribution in [0.25, 0.3) is 10.9 Å². The van der Waals surface area contributed by atoms with Crippen molar-refractivity contribution in [3.05, 3.63) is 63.5 Å². The van der Waals surface area contributed by atoms with Crippen LogP contribution in [-0.4, -0.2) is 4.98 Å². The molecule has 1 aromatic carbocycles. The second-order valence-electron chi connectivity index (χ2n) is 4.83. The van der Waals surface area contributed by atoms with E-state index < -0.39 is 0 Å². The van der Waals surface area contributed by atoms with Gasteiger partial charge in [-0.3, -0.25) is 4.98 Å². The summed E-state index contributed by atoms with van der Waals surface area (Å²) < 4.78 is 0. The minimum atomic E-state index is -0.0884. The van der Waals surface area contributed by atoms with Gasteiger partial charge < -0.3 is 5.73 Å². The molecule has 0 fully saturated rings. The highest BCUT2D eigenvalue weighted by Gasteiger charge is 2.13. The molecule has 0 radical (unpaired) electrons. The molecule has 2 nitrogen and oxygen atoms in total. The fourth-order valence-corrected chi connectivity index (χ4v) is 3.25. The van der Waals surface area contributed by atoms with Crippen LogP contribution in [0.4, 0.5) is 0 Å². The smallest absolute Gasteiger partial charge is 0.0702 e. The van der Waals surface area contributed by atoms with E-state index in [4.69, 9.17) is 5.73 Å². The lowest BCUT2D eigenvalue weighted by molar-refractivity contribution is 0.887. The molecule has 2 heterocycles. The van der Waals surface area contributed by atoms with Crippen LogP contribution in [0.5, 0.6) is 0 Å². The number of hydrogen-bond acceptors (Lipinski definition) is 3. The lowest BCUT2D eigenvalue weighted by Crippen LogP contribution is -2.10. The topological polar surface area (TPSA) is 38.9 Å². The lowest BCUT2D eigenvalue weighted by atomic mass is 10.1. The molecule has 1 unspecified atom stereocenters. The summed E-state index contributed by atoms with van der Waals surface area (Å²) in [7, 11) is 0. The maximum Gasteiger partial charge on any atom is 0.0702 e. The van der Waals surface area contributed by atoms with Gasteiger partial charge in [-0.2, -0.15) is 0 Å². The molecule has 0 aliphatic rings. The largest absolute Gasteiger partial charge is 0.320 e. The van der Waals surface area contributed by atoms with Crippen molar-refractivity contribution < 1.29 is 0 Å². The average Bonchev–Trinajstić information content (AvgIpc) is 2.77. The minimum absolute atomic E-state index is 0.0884. The Kier molecular flexibility index (Phi) is 3.09. The van der Waals surface area contributed by atoms with Gasteiger partial charge in [0.2, 0.25) is 0 Å². The number of nitrogens with zero attached hydrogens (tertiary/aromatic N) is 1. The SMILES string of the molecule is Cc1cc(C(N)c2cnc3ccccc3c2)sc1C. The fraction of sp³-hybridized carbons (Fsp3) is 0.188. The molecule has 0 aliphatic carbocycles. The zero-order chi connectivity index (χ0) is 13.4. The van der Waals surface area contributed by atoms with E-state index in [9.17, 15) is 0 Å². The second-order valence-corrected chi connectivity index (χ2v) is 6.11. The first-order valence-electron chi connectivity index (χ1n) is 6.32. The summed E-state index contributed by atoms with van der Waals surface area (Å²) in [5, 5.41) is 1.14. The number of thiophene rings is 1. The number of benzene rings is 1. The molecular formula is C16H16N2S. The van der Waals surface area contributed by atoms with Gasteiger partial charge in [0.05, 0.1) is 11.6 Å². The quantitative estimate of drug-likeness (QED) is 0.764. The molecule has 96 valence electrons. The number of nitrogens with two attached hydrogens (primary N) is 1. The number of aryl methyl sites for hydroxylation is 2. The van der Waals surface area contributed by atoms with Crippen molar-refractivity contribution in [2.45, 2.75) is 19.9 Å². The van der Waals surface area contributed by atoms with E-state index in [1.54, 1.807) is 11.3 Å². The lowest BCUT2D eigenvalue weighted by Gasteiger charge is -2.10. The van der Waals surface area contributed by atoms with E-state index in [1.165, 1.54) is 15.3 Å². The Morgan fingerprint density at radius 1 is 1.16 bits per heavy atom. The van der Waals surface area contributed by atoms with Crippen molar-refractivity contribution in [3.63, 3.8) is 0 Å². The molecule has 0 aliphatic heterocycles. The van der Waals surface area contributed by atoms with Crippen molar-refractivity contribution in [1.29, 1.82) is 0 Å². The van der Waals surface area contributed by atoms with E-state index in [1.807, 2.05) is 24.4 Å². The Bertz CT molecular complexity index is 711. The van der Waals surface area contributed by atoms with Gasteiger partial charge in [-0.1, -0.05) is 18.2 Å².